The summed E-state index contributed by atoms with van der Waals surface area (Å²) < 4.78 is 0. The molecule has 22 heavy (non-hydrogen) atoms. The maximum absolute atomic E-state index is 12.4. The zero-order valence-corrected chi connectivity index (χ0v) is 13.0. The summed E-state index contributed by atoms with van der Waals surface area (Å²) in [4.78, 5) is 24.8. The van der Waals surface area contributed by atoms with Crippen LogP contribution in [0.3, 0.4) is 0 Å². The quantitative estimate of drug-likeness (QED) is 0.843. The number of aryl methyl sites for hydroxylation is 1. The Hall–Kier alpha value is -2.46. The molecule has 2 aromatic heterocycles. The highest BCUT2D eigenvalue weighted by atomic mass is 32.1. The Morgan fingerprint density at radius 1 is 1.36 bits per heavy atom. The van der Waals surface area contributed by atoms with Gasteiger partial charge in [0.1, 0.15) is 17.6 Å². The summed E-state index contributed by atoms with van der Waals surface area (Å²) in [6.45, 7) is 4.44. The van der Waals surface area contributed by atoms with Crippen molar-refractivity contribution in [1.82, 2.24) is 14.9 Å². The van der Waals surface area contributed by atoms with Crippen molar-refractivity contribution in [2.45, 2.75) is 6.92 Å². The second-order valence-electron chi connectivity index (χ2n) is 5.02. The third-order valence-corrected chi connectivity index (χ3v) is 4.39. The van der Waals surface area contributed by atoms with Gasteiger partial charge in [-0.2, -0.15) is 5.26 Å². The van der Waals surface area contributed by atoms with E-state index in [2.05, 4.69) is 20.9 Å². The predicted octanol–water partition coefficient (Wildman–Crippen LogP) is 1.68. The van der Waals surface area contributed by atoms with Crippen LogP contribution in [0, 0.1) is 18.3 Å². The smallest absolute Gasteiger partial charge is 0.273 e. The average Bonchev–Trinajstić information content (AvgIpc) is 3.01. The first-order valence-electron chi connectivity index (χ1n) is 7.00. The van der Waals surface area contributed by atoms with Crippen LogP contribution in [-0.2, 0) is 0 Å². The molecule has 0 aliphatic carbocycles. The summed E-state index contributed by atoms with van der Waals surface area (Å²) in [6.07, 6.45) is 1.69. The van der Waals surface area contributed by atoms with Crippen molar-refractivity contribution in [3.05, 3.63) is 40.0 Å². The van der Waals surface area contributed by atoms with Crippen LogP contribution in [0.1, 0.15) is 21.1 Å². The molecule has 7 heteroatoms. The van der Waals surface area contributed by atoms with Crippen LogP contribution in [0.15, 0.2) is 23.7 Å². The molecule has 3 rings (SSSR count). The topological polar surface area (TPSA) is 73.1 Å². The number of hydrogen-bond acceptors (Lipinski definition) is 6. The monoisotopic (exact) mass is 313 g/mol. The van der Waals surface area contributed by atoms with Gasteiger partial charge in [0, 0.05) is 37.8 Å². The number of anilines is 1. The molecule has 0 atom stereocenters. The molecule has 0 aromatic carbocycles. The normalized spacial score (nSPS) is 14.7. The number of thiazole rings is 1. The number of nitrogens with zero attached hydrogens (tertiary/aromatic N) is 5. The molecule has 6 nitrogen and oxygen atoms in total. The van der Waals surface area contributed by atoms with Gasteiger partial charge in [-0.3, -0.25) is 4.79 Å². The van der Waals surface area contributed by atoms with E-state index in [1.165, 1.54) is 11.3 Å². The molecule has 1 aliphatic heterocycles. The van der Waals surface area contributed by atoms with Crippen molar-refractivity contribution in [2.75, 3.05) is 31.1 Å². The number of hydrogen-bond donors (Lipinski definition) is 0. The van der Waals surface area contributed by atoms with Gasteiger partial charge in [-0.25, -0.2) is 9.97 Å². The van der Waals surface area contributed by atoms with Gasteiger partial charge < -0.3 is 9.80 Å². The number of rotatable bonds is 2. The van der Waals surface area contributed by atoms with Gasteiger partial charge in [-0.05, 0) is 19.1 Å². The minimum absolute atomic E-state index is 0.0227. The molecule has 0 N–H and O–H groups in total. The Morgan fingerprint density at radius 2 is 2.14 bits per heavy atom. The Kier molecular flexibility index (Phi) is 4.02. The van der Waals surface area contributed by atoms with Crippen LogP contribution in [0.4, 0.5) is 5.82 Å². The first-order chi connectivity index (χ1) is 10.7. The van der Waals surface area contributed by atoms with Crippen LogP contribution >= 0.6 is 11.3 Å². The summed E-state index contributed by atoms with van der Waals surface area (Å²) in [7, 11) is 0. The van der Waals surface area contributed by atoms with Crippen LogP contribution in [-0.4, -0.2) is 47.0 Å². The highest BCUT2D eigenvalue weighted by molar-refractivity contribution is 7.09. The molecule has 1 aliphatic rings. The van der Waals surface area contributed by atoms with Crippen molar-refractivity contribution in [2.24, 2.45) is 0 Å². The van der Waals surface area contributed by atoms with Gasteiger partial charge in [-0.1, -0.05) is 0 Å². The van der Waals surface area contributed by atoms with Crippen molar-refractivity contribution in [3.63, 3.8) is 0 Å². The van der Waals surface area contributed by atoms with E-state index >= 15 is 0 Å². The number of pyridine rings is 1. The third-order valence-electron chi connectivity index (χ3n) is 3.61. The SMILES string of the molecule is Cc1nc(C(=O)N2CCN(c3ncccc3C#N)CC2)cs1. The Morgan fingerprint density at radius 3 is 2.77 bits per heavy atom. The van der Waals surface area contributed by atoms with Crippen molar-refractivity contribution in [1.29, 1.82) is 5.26 Å². The second kappa shape index (κ2) is 6.12. The fraction of sp³-hybridized carbons (Fsp3) is 0.333. The van der Waals surface area contributed by atoms with Crippen LogP contribution in [0.5, 0.6) is 0 Å². The summed E-state index contributed by atoms with van der Waals surface area (Å²) in [5.74, 6) is 0.673. The molecule has 1 fully saturated rings. The molecule has 3 heterocycles. The van der Waals surface area contributed by atoms with E-state index in [-0.39, 0.29) is 5.91 Å². The van der Waals surface area contributed by atoms with E-state index in [0.29, 0.717) is 43.3 Å². The van der Waals surface area contributed by atoms with Crippen LogP contribution in [0.25, 0.3) is 0 Å². The maximum Gasteiger partial charge on any atom is 0.273 e. The maximum atomic E-state index is 12.4. The van der Waals surface area contributed by atoms with E-state index in [4.69, 9.17) is 5.26 Å². The zero-order chi connectivity index (χ0) is 15.5. The van der Waals surface area contributed by atoms with Crippen molar-refractivity contribution >= 4 is 23.1 Å². The van der Waals surface area contributed by atoms with Crippen LogP contribution in [0.2, 0.25) is 0 Å². The van der Waals surface area contributed by atoms with Gasteiger partial charge in [0.15, 0.2) is 0 Å². The van der Waals surface area contributed by atoms with Gasteiger partial charge in [0.25, 0.3) is 5.91 Å². The Labute approximate surface area is 132 Å². The molecular weight excluding hydrogens is 298 g/mol. The molecule has 1 amide bonds. The lowest BCUT2D eigenvalue weighted by atomic mass is 10.2. The molecule has 2 aromatic rings. The number of amides is 1. The van der Waals surface area contributed by atoms with Gasteiger partial charge in [0.05, 0.1) is 10.6 Å². The fourth-order valence-electron chi connectivity index (χ4n) is 2.48. The number of nitriles is 1. The van der Waals surface area contributed by atoms with E-state index < -0.39 is 0 Å². The molecule has 1 saturated heterocycles. The minimum Gasteiger partial charge on any atom is -0.352 e. The first-order valence-corrected chi connectivity index (χ1v) is 7.88. The lowest BCUT2D eigenvalue weighted by molar-refractivity contribution is 0.0741. The Bertz CT molecular complexity index is 728. The molecule has 0 unspecified atom stereocenters. The first kappa shape index (κ1) is 14.5. The number of piperazine rings is 1. The highest BCUT2D eigenvalue weighted by Crippen LogP contribution is 2.19. The van der Waals surface area contributed by atoms with Gasteiger partial charge >= 0.3 is 0 Å². The average molecular weight is 313 g/mol. The van der Waals surface area contributed by atoms with Gasteiger partial charge in [0.2, 0.25) is 0 Å². The standard InChI is InChI=1S/C15H15N5OS/c1-11-18-13(10-22-11)15(21)20-7-5-19(6-8-20)14-12(9-16)3-2-4-17-14/h2-4,10H,5-8H2,1H3. The lowest BCUT2D eigenvalue weighted by Crippen LogP contribution is -2.49. The molecule has 0 bridgehead atoms. The third kappa shape index (κ3) is 2.78. The van der Waals surface area contributed by atoms with Crippen molar-refractivity contribution < 1.29 is 4.79 Å². The fourth-order valence-corrected chi connectivity index (χ4v) is 3.07. The lowest BCUT2D eigenvalue weighted by Gasteiger charge is -2.35. The van der Waals surface area contributed by atoms with E-state index in [0.717, 1.165) is 5.01 Å². The molecule has 0 radical (unpaired) electrons. The summed E-state index contributed by atoms with van der Waals surface area (Å²) in [5, 5.41) is 11.9. The van der Waals surface area contributed by atoms with Crippen molar-refractivity contribution in [3.8, 4) is 6.07 Å². The number of carbonyl (C=O) groups excluding carboxylic acids is 1. The minimum atomic E-state index is -0.0227. The molecule has 112 valence electrons. The summed E-state index contributed by atoms with van der Waals surface area (Å²) >= 11 is 1.48. The summed E-state index contributed by atoms with van der Waals surface area (Å²) in [5.41, 5.74) is 1.09. The summed E-state index contributed by atoms with van der Waals surface area (Å²) in [6, 6.07) is 5.68. The Balaban J connectivity index is 1.68. The number of carbonyl (C=O) groups is 1. The van der Waals surface area contributed by atoms with Gasteiger partial charge in [-0.15, -0.1) is 11.3 Å². The molecule has 0 spiro atoms. The molecular formula is C15H15N5OS. The molecule has 0 saturated carbocycles. The second-order valence-corrected chi connectivity index (χ2v) is 6.08. The van der Waals surface area contributed by atoms with E-state index in [1.807, 2.05) is 6.92 Å². The van der Waals surface area contributed by atoms with E-state index in [1.54, 1.807) is 28.6 Å². The largest absolute Gasteiger partial charge is 0.352 e. The zero-order valence-electron chi connectivity index (χ0n) is 12.2. The number of aromatic nitrogens is 2. The highest BCUT2D eigenvalue weighted by Gasteiger charge is 2.25. The van der Waals surface area contributed by atoms with Crippen LogP contribution < -0.4 is 4.90 Å². The predicted molar refractivity (Wildman–Crippen MR) is 83.9 cm³/mol. The van der Waals surface area contributed by atoms with E-state index in [9.17, 15) is 4.79 Å².